The van der Waals surface area contributed by atoms with Crippen LogP contribution in [-0.4, -0.2) is 54.7 Å². The van der Waals surface area contributed by atoms with Gasteiger partial charge in [-0.1, -0.05) is 61.2 Å². The van der Waals surface area contributed by atoms with Gasteiger partial charge in [0, 0.05) is 39.3 Å². The second-order valence-corrected chi connectivity index (χ2v) is 8.67. The van der Waals surface area contributed by atoms with Crippen molar-refractivity contribution in [2.45, 2.75) is 44.8 Å². The number of rotatable bonds is 6. The molecule has 2 aliphatic rings. The van der Waals surface area contributed by atoms with Gasteiger partial charge in [-0.3, -0.25) is 9.80 Å². The SMILES string of the molecule is C=C/C=C(\C=C/C)CN1CCN(C2(c3ccccc3)CCOC(C)(C)C2)CC1. The fourth-order valence-electron chi connectivity index (χ4n) is 4.91. The van der Waals surface area contributed by atoms with Crippen LogP contribution in [0.1, 0.15) is 39.2 Å². The topological polar surface area (TPSA) is 15.7 Å². The van der Waals surface area contributed by atoms with E-state index >= 15 is 0 Å². The Kier molecular flexibility index (Phi) is 6.92. The standard InChI is InChI=1S/C25H36N2O/c1-5-10-22(11-6-2)20-26-15-17-27(18-16-26)25(23-12-8-7-9-13-23)14-19-28-24(3,4)21-25/h5-13H,1,14-21H2,2-4H3/b11-6-,22-10+. The highest BCUT2D eigenvalue weighted by Crippen LogP contribution is 2.44. The van der Waals surface area contributed by atoms with Gasteiger partial charge in [0.15, 0.2) is 0 Å². The van der Waals surface area contributed by atoms with Crippen LogP contribution in [0.4, 0.5) is 0 Å². The molecule has 0 amide bonds. The molecule has 2 heterocycles. The Morgan fingerprint density at radius 2 is 1.86 bits per heavy atom. The molecule has 1 aromatic rings. The quantitative estimate of drug-likeness (QED) is 0.661. The lowest BCUT2D eigenvalue weighted by atomic mass is 9.74. The molecular weight excluding hydrogens is 344 g/mol. The third kappa shape index (κ3) is 4.83. The van der Waals surface area contributed by atoms with Crippen LogP contribution >= 0.6 is 0 Å². The van der Waals surface area contributed by atoms with Crippen molar-refractivity contribution in [3.8, 4) is 0 Å². The number of piperazine rings is 1. The summed E-state index contributed by atoms with van der Waals surface area (Å²) in [5.74, 6) is 0. The van der Waals surface area contributed by atoms with Gasteiger partial charge in [0.2, 0.25) is 0 Å². The fraction of sp³-hybridized carbons (Fsp3) is 0.520. The predicted octanol–water partition coefficient (Wildman–Crippen LogP) is 4.78. The van der Waals surface area contributed by atoms with E-state index in [2.05, 4.69) is 85.7 Å². The van der Waals surface area contributed by atoms with Crippen LogP contribution in [0.15, 0.2) is 66.8 Å². The van der Waals surface area contributed by atoms with Crippen LogP contribution in [-0.2, 0) is 10.3 Å². The maximum absolute atomic E-state index is 6.10. The molecule has 3 rings (SSSR count). The number of allylic oxidation sites excluding steroid dienone is 3. The largest absolute Gasteiger partial charge is 0.375 e. The highest BCUT2D eigenvalue weighted by Gasteiger charge is 2.46. The van der Waals surface area contributed by atoms with Gasteiger partial charge in [0.1, 0.15) is 0 Å². The maximum atomic E-state index is 6.10. The van der Waals surface area contributed by atoms with E-state index in [0.29, 0.717) is 0 Å². The van der Waals surface area contributed by atoms with Gasteiger partial charge in [0.05, 0.1) is 11.1 Å². The summed E-state index contributed by atoms with van der Waals surface area (Å²) in [6.07, 6.45) is 10.4. The Bertz CT molecular complexity index is 699. The lowest BCUT2D eigenvalue weighted by molar-refractivity contribution is -0.130. The summed E-state index contributed by atoms with van der Waals surface area (Å²) in [5.41, 5.74) is 2.77. The molecule has 0 radical (unpaired) electrons. The average Bonchev–Trinajstić information content (AvgIpc) is 2.69. The molecule has 3 heteroatoms. The van der Waals surface area contributed by atoms with Gasteiger partial charge in [-0.2, -0.15) is 0 Å². The van der Waals surface area contributed by atoms with Crippen LogP contribution < -0.4 is 0 Å². The van der Waals surface area contributed by atoms with Crippen molar-refractivity contribution in [1.82, 2.24) is 9.80 Å². The van der Waals surface area contributed by atoms with E-state index in [1.807, 2.05) is 6.08 Å². The van der Waals surface area contributed by atoms with Crippen molar-refractivity contribution in [2.24, 2.45) is 0 Å². The van der Waals surface area contributed by atoms with Crippen molar-refractivity contribution >= 4 is 0 Å². The van der Waals surface area contributed by atoms with E-state index in [1.54, 1.807) is 0 Å². The van der Waals surface area contributed by atoms with Crippen molar-refractivity contribution in [1.29, 1.82) is 0 Å². The number of hydrogen-bond acceptors (Lipinski definition) is 3. The highest BCUT2D eigenvalue weighted by atomic mass is 16.5. The Balaban J connectivity index is 1.75. The molecule has 0 saturated carbocycles. The Morgan fingerprint density at radius 1 is 1.14 bits per heavy atom. The summed E-state index contributed by atoms with van der Waals surface area (Å²) < 4.78 is 6.10. The van der Waals surface area contributed by atoms with Crippen LogP contribution in [0.25, 0.3) is 0 Å². The molecule has 0 aliphatic carbocycles. The molecule has 0 bridgehead atoms. The van der Waals surface area contributed by atoms with Crippen LogP contribution in [0.3, 0.4) is 0 Å². The Morgan fingerprint density at radius 3 is 2.46 bits per heavy atom. The minimum atomic E-state index is -0.0863. The van der Waals surface area contributed by atoms with E-state index < -0.39 is 0 Å². The Labute approximate surface area is 171 Å². The number of ether oxygens (including phenoxy) is 1. The molecule has 2 aliphatic heterocycles. The van der Waals surface area contributed by atoms with Gasteiger partial charge in [-0.05, 0) is 44.7 Å². The lowest BCUT2D eigenvalue weighted by Crippen LogP contribution is -2.59. The normalized spacial score (nSPS) is 27.2. The molecule has 28 heavy (non-hydrogen) atoms. The number of nitrogens with zero attached hydrogens (tertiary/aromatic N) is 2. The Hall–Kier alpha value is -1.68. The smallest absolute Gasteiger partial charge is 0.0647 e. The predicted molar refractivity (Wildman–Crippen MR) is 118 cm³/mol. The third-order valence-corrected chi connectivity index (χ3v) is 6.13. The van der Waals surface area contributed by atoms with Gasteiger partial charge in [-0.15, -0.1) is 0 Å². The van der Waals surface area contributed by atoms with E-state index in [-0.39, 0.29) is 11.1 Å². The monoisotopic (exact) mass is 380 g/mol. The second-order valence-electron chi connectivity index (χ2n) is 8.67. The van der Waals surface area contributed by atoms with Gasteiger partial charge in [-0.25, -0.2) is 0 Å². The van der Waals surface area contributed by atoms with E-state index in [9.17, 15) is 0 Å². The summed E-state index contributed by atoms with van der Waals surface area (Å²) in [6, 6.07) is 11.1. The maximum Gasteiger partial charge on any atom is 0.0647 e. The zero-order valence-corrected chi connectivity index (χ0v) is 17.9. The van der Waals surface area contributed by atoms with Gasteiger partial charge >= 0.3 is 0 Å². The summed E-state index contributed by atoms with van der Waals surface area (Å²) in [5, 5.41) is 0. The first-order chi connectivity index (χ1) is 13.5. The van der Waals surface area contributed by atoms with Crippen molar-refractivity contribution in [2.75, 3.05) is 39.3 Å². The minimum absolute atomic E-state index is 0.0816. The molecule has 0 N–H and O–H groups in total. The summed E-state index contributed by atoms with van der Waals surface area (Å²) in [7, 11) is 0. The molecular formula is C25H36N2O. The summed E-state index contributed by atoms with van der Waals surface area (Å²) >= 11 is 0. The van der Waals surface area contributed by atoms with Gasteiger partial charge < -0.3 is 4.74 Å². The molecule has 1 atom stereocenters. The fourth-order valence-corrected chi connectivity index (χ4v) is 4.91. The second kappa shape index (κ2) is 9.21. The third-order valence-electron chi connectivity index (χ3n) is 6.13. The summed E-state index contributed by atoms with van der Waals surface area (Å²) in [4.78, 5) is 5.30. The first-order valence-corrected chi connectivity index (χ1v) is 10.6. The van der Waals surface area contributed by atoms with Crippen molar-refractivity contribution in [3.63, 3.8) is 0 Å². The molecule has 1 aromatic carbocycles. The minimum Gasteiger partial charge on any atom is -0.375 e. The number of benzene rings is 1. The molecule has 2 saturated heterocycles. The molecule has 3 nitrogen and oxygen atoms in total. The summed E-state index contributed by atoms with van der Waals surface area (Å²) in [6.45, 7) is 16.6. The first-order valence-electron chi connectivity index (χ1n) is 10.6. The zero-order chi connectivity index (χ0) is 20.0. The molecule has 1 unspecified atom stereocenters. The average molecular weight is 381 g/mol. The van der Waals surface area contributed by atoms with Crippen LogP contribution in [0, 0.1) is 0 Å². The first kappa shape index (κ1) is 21.0. The molecule has 0 aromatic heterocycles. The zero-order valence-electron chi connectivity index (χ0n) is 17.9. The van der Waals surface area contributed by atoms with Crippen LogP contribution in [0.2, 0.25) is 0 Å². The number of hydrogen-bond donors (Lipinski definition) is 0. The van der Waals surface area contributed by atoms with Crippen LogP contribution in [0.5, 0.6) is 0 Å². The van der Waals surface area contributed by atoms with E-state index in [4.69, 9.17) is 4.74 Å². The molecule has 152 valence electrons. The lowest BCUT2D eigenvalue weighted by Gasteiger charge is -2.53. The van der Waals surface area contributed by atoms with Gasteiger partial charge in [0.25, 0.3) is 0 Å². The van der Waals surface area contributed by atoms with E-state index in [0.717, 1.165) is 52.2 Å². The van der Waals surface area contributed by atoms with Crippen molar-refractivity contribution < 1.29 is 4.74 Å². The molecule has 2 fully saturated rings. The van der Waals surface area contributed by atoms with E-state index in [1.165, 1.54) is 11.1 Å². The highest BCUT2D eigenvalue weighted by molar-refractivity contribution is 5.27. The van der Waals surface area contributed by atoms with Crippen molar-refractivity contribution in [3.05, 3.63) is 72.4 Å². The molecule has 0 spiro atoms.